The van der Waals surface area contributed by atoms with Crippen molar-refractivity contribution in [3.8, 4) is 0 Å². The van der Waals surface area contributed by atoms with Crippen molar-refractivity contribution in [2.24, 2.45) is 5.92 Å². The summed E-state index contributed by atoms with van der Waals surface area (Å²) >= 11 is 0. The van der Waals surface area contributed by atoms with Gasteiger partial charge in [0.1, 0.15) is 0 Å². The number of hydrogen-bond donors (Lipinski definition) is 0. The van der Waals surface area contributed by atoms with Crippen molar-refractivity contribution < 1.29 is 0 Å². The molecule has 2 heterocycles. The highest BCUT2D eigenvalue weighted by Gasteiger charge is 2.38. The van der Waals surface area contributed by atoms with Crippen LogP contribution in [0.3, 0.4) is 0 Å². The molecule has 2 fully saturated rings. The number of likely N-dealkylation sites (tertiary alicyclic amines) is 1. The zero-order valence-electron chi connectivity index (χ0n) is 14.5. The van der Waals surface area contributed by atoms with E-state index < -0.39 is 0 Å². The fourth-order valence-electron chi connectivity index (χ4n) is 5.83. The molecular weight excluding hydrogens is 280 g/mol. The highest BCUT2D eigenvalue weighted by atomic mass is 15.1. The van der Waals surface area contributed by atoms with Gasteiger partial charge in [0, 0.05) is 41.6 Å². The first-order chi connectivity index (χ1) is 11.2. The van der Waals surface area contributed by atoms with E-state index in [4.69, 9.17) is 0 Å². The molecular formula is C21H28N2. The van der Waals surface area contributed by atoms with E-state index in [-0.39, 0.29) is 0 Å². The summed E-state index contributed by atoms with van der Waals surface area (Å²) in [5.41, 5.74) is 4.78. The average Bonchev–Trinajstić information content (AvgIpc) is 3.17. The van der Waals surface area contributed by atoms with Crippen LogP contribution in [0.4, 0.5) is 0 Å². The predicted molar refractivity (Wildman–Crippen MR) is 96.1 cm³/mol. The first-order valence-corrected chi connectivity index (χ1v) is 9.55. The monoisotopic (exact) mass is 308 g/mol. The molecule has 1 saturated heterocycles. The standard InChI is InChI=1S/C21H28N2/c1-14-10-18-17-8-5-9-19-21(17)15(11-20(18)22(2)12-14)13-23(19)16-6-3-4-7-16/h5,8-9,13-14,16,18,20H,3-4,6-7,10-12H2,1-2H3/t14-,18-,20-/m1/s1. The van der Waals surface area contributed by atoms with Gasteiger partial charge in [0.15, 0.2) is 0 Å². The molecule has 0 amide bonds. The molecule has 1 saturated carbocycles. The lowest BCUT2D eigenvalue weighted by atomic mass is 9.73. The Kier molecular flexibility index (Phi) is 3.13. The number of aromatic nitrogens is 1. The first-order valence-electron chi connectivity index (χ1n) is 9.55. The maximum atomic E-state index is 2.64. The fourth-order valence-corrected chi connectivity index (χ4v) is 5.83. The Morgan fingerprint density at radius 1 is 1.13 bits per heavy atom. The van der Waals surface area contributed by atoms with E-state index in [1.807, 2.05) is 0 Å². The summed E-state index contributed by atoms with van der Waals surface area (Å²) in [6.45, 7) is 3.68. The van der Waals surface area contributed by atoms with Crippen LogP contribution >= 0.6 is 0 Å². The third-order valence-corrected chi connectivity index (χ3v) is 6.80. The van der Waals surface area contributed by atoms with Crippen LogP contribution in [-0.2, 0) is 6.42 Å². The normalized spacial score (nSPS) is 31.7. The van der Waals surface area contributed by atoms with Gasteiger partial charge in [0.05, 0.1) is 0 Å². The molecule has 3 aliphatic rings. The second-order valence-corrected chi connectivity index (χ2v) is 8.40. The fraction of sp³-hybridized carbons (Fsp3) is 0.619. The van der Waals surface area contributed by atoms with Crippen LogP contribution in [0, 0.1) is 5.92 Å². The van der Waals surface area contributed by atoms with Crippen LogP contribution in [0.15, 0.2) is 24.4 Å². The van der Waals surface area contributed by atoms with E-state index in [0.29, 0.717) is 6.04 Å². The third-order valence-electron chi connectivity index (χ3n) is 6.80. The number of nitrogens with zero attached hydrogens (tertiary/aromatic N) is 2. The zero-order chi connectivity index (χ0) is 15.6. The van der Waals surface area contributed by atoms with Crippen LogP contribution in [0.25, 0.3) is 10.9 Å². The number of fused-ring (bicyclic) bond motifs is 2. The first kappa shape index (κ1) is 14.1. The van der Waals surface area contributed by atoms with Crippen LogP contribution < -0.4 is 0 Å². The molecule has 5 rings (SSSR count). The van der Waals surface area contributed by atoms with Gasteiger partial charge in [-0.1, -0.05) is 31.9 Å². The lowest BCUT2D eigenvalue weighted by molar-refractivity contribution is 0.119. The van der Waals surface area contributed by atoms with Crippen molar-refractivity contribution in [3.05, 3.63) is 35.5 Å². The second kappa shape index (κ2) is 5.11. The molecule has 122 valence electrons. The van der Waals surface area contributed by atoms with E-state index in [1.54, 1.807) is 16.5 Å². The predicted octanol–water partition coefficient (Wildman–Crippen LogP) is 4.74. The van der Waals surface area contributed by atoms with Crippen LogP contribution in [0.5, 0.6) is 0 Å². The lowest BCUT2D eigenvalue weighted by Gasteiger charge is -2.44. The summed E-state index contributed by atoms with van der Waals surface area (Å²) in [5, 5.41) is 1.61. The topological polar surface area (TPSA) is 8.17 Å². The molecule has 2 aromatic rings. The lowest BCUT2D eigenvalue weighted by Crippen LogP contribution is -2.47. The van der Waals surface area contributed by atoms with Crippen LogP contribution in [0.1, 0.15) is 62.1 Å². The van der Waals surface area contributed by atoms with Crippen molar-refractivity contribution in [1.29, 1.82) is 0 Å². The van der Waals surface area contributed by atoms with E-state index in [2.05, 4.69) is 47.8 Å². The van der Waals surface area contributed by atoms with Gasteiger partial charge in [-0.2, -0.15) is 0 Å². The maximum absolute atomic E-state index is 2.64. The largest absolute Gasteiger partial charge is 0.344 e. The molecule has 3 atom stereocenters. The van der Waals surface area contributed by atoms with E-state index in [1.165, 1.54) is 50.6 Å². The summed E-state index contributed by atoms with van der Waals surface area (Å²) in [5.74, 6) is 1.55. The highest BCUT2D eigenvalue weighted by molar-refractivity contribution is 5.89. The Hall–Kier alpha value is -1.28. The number of benzene rings is 1. The van der Waals surface area contributed by atoms with Crippen molar-refractivity contribution >= 4 is 10.9 Å². The Labute approximate surface area is 139 Å². The van der Waals surface area contributed by atoms with Gasteiger partial charge in [-0.15, -0.1) is 0 Å². The summed E-state index contributed by atoms with van der Waals surface area (Å²) in [6.07, 6.45) is 10.7. The van der Waals surface area contributed by atoms with Crippen LogP contribution in [-0.4, -0.2) is 29.1 Å². The van der Waals surface area contributed by atoms with Gasteiger partial charge in [-0.25, -0.2) is 0 Å². The van der Waals surface area contributed by atoms with Crippen molar-refractivity contribution in [1.82, 2.24) is 9.47 Å². The van der Waals surface area contributed by atoms with Gasteiger partial charge in [0.2, 0.25) is 0 Å². The highest BCUT2D eigenvalue weighted by Crippen LogP contribution is 2.46. The van der Waals surface area contributed by atoms with Gasteiger partial charge >= 0.3 is 0 Å². The smallest absolute Gasteiger partial charge is 0.0488 e. The SMILES string of the molecule is C[C@@H]1C[C@@H]2c3cccc4c3c(cn4C3CCCC3)C[C@H]2N(C)C1. The zero-order valence-corrected chi connectivity index (χ0v) is 14.5. The molecule has 1 aromatic heterocycles. The second-order valence-electron chi connectivity index (χ2n) is 8.40. The molecule has 1 aliphatic heterocycles. The Balaban J connectivity index is 1.67. The minimum absolute atomic E-state index is 0.712. The van der Waals surface area contributed by atoms with E-state index >= 15 is 0 Å². The number of piperidine rings is 1. The van der Waals surface area contributed by atoms with Gasteiger partial charge in [-0.3, -0.25) is 0 Å². The van der Waals surface area contributed by atoms with Gasteiger partial charge in [0.25, 0.3) is 0 Å². The molecule has 0 radical (unpaired) electrons. The Morgan fingerprint density at radius 2 is 1.96 bits per heavy atom. The van der Waals surface area contributed by atoms with E-state index in [9.17, 15) is 0 Å². The van der Waals surface area contributed by atoms with Crippen molar-refractivity contribution in [2.75, 3.05) is 13.6 Å². The maximum Gasteiger partial charge on any atom is 0.0488 e. The number of likely N-dealkylation sites (N-methyl/N-ethyl adjacent to an activating group) is 1. The quantitative estimate of drug-likeness (QED) is 0.739. The molecule has 23 heavy (non-hydrogen) atoms. The minimum Gasteiger partial charge on any atom is -0.344 e. The molecule has 0 unspecified atom stereocenters. The summed E-state index contributed by atoms with van der Waals surface area (Å²) < 4.78 is 2.64. The molecule has 2 nitrogen and oxygen atoms in total. The Bertz CT molecular complexity index is 738. The van der Waals surface area contributed by atoms with Crippen molar-refractivity contribution in [3.63, 3.8) is 0 Å². The summed E-state index contributed by atoms with van der Waals surface area (Å²) in [7, 11) is 2.34. The van der Waals surface area contributed by atoms with Crippen LogP contribution in [0.2, 0.25) is 0 Å². The van der Waals surface area contributed by atoms with Gasteiger partial charge in [-0.05, 0) is 55.8 Å². The molecule has 2 heteroatoms. The number of hydrogen-bond acceptors (Lipinski definition) is 1. The van der Waals surface area contributed by atoms with Gasteiger partial charge < -0.3 is 9.47 Å². The molecule has 0 bridgehead atoms. The molecule has 0 spiro atoms. The summed E-state index contributed by atoms with van der Waals surface area (Å²) in [4.78, 5) is 2.63. The van der Waals surface area contributed by atoms with E-state index in [0.717, 1.165) is 17.9 Å². The summed E-state index contributed by atoms with van der Waals surface area (Å²) in [6, 6.07) is 8.57. The Morgan fingerprint density at radius 3 is 2.78 bits per heavy atom. The molecule has 2 aliphatic carbocycles. The molecule has 0 N–H and O–H groups in total. The number of rotatable bonds is 1. The molecule has 1 aromatic carbocycles. The average molecular weight is 308 g/mol. The van der Waals surface area contributed by atoms with Crippen molar-refractivity contribution in [2.45, 2.75) is 63.5 Å². The minimum atomic E-state index is 0.712. The third kappa shape index (κ3) is 2.04.